The van der Waals surface area contributed by atoms with Gasteiger partial charge in [0.15, 0.2) is 11.6 Å². The summed E-state index contributed by atoms with van der Waals surface area (Å²) in [5.74, 6) is -4.15. The summed E-state index contributed by atoms with van der Waals surface area (Å²) in [5.41, 5.74) is 5.78. The van der Waals surface area contributed by atoms with Crippen LogP contribution in [0.25, 0.3) is 0 Å². The first-order chi connectivity index (χ1) is 9.73. The summed E-state index contributed by atoms with van der Waals surface area (Å²) in [6, 6.07) is 0.433. The molecule has 0 saturated carbocycles. The summed E-state index contributed by atoms with van der Waals surface area (Å²) < 4.78 is 65.7. The number of benzene rings is 1. The minimum Gasteiger partial charge on any atom is -0.328 e. The normalized spacial score (nSPS) is 21.2. The zero-order valence-corrected chi connectivity index (χ0v) is 13.6. The van der Waals surface area contributed by atoms with Gasteiger partial charge < -0.3 is 5.73 Å². The number of hydrogen-bond donors (Lipinski definition) is 1. The summed E-state index contributed by atoms with van der Waals surface area (Å²) >= 11 is 0. The molecule has 4 nitrogen and oxygen atoms in total. The van der Waals surface area contributed by atoms with Crippen LogP contribution in [0, 0.1) is 23.4 Å². The van der Waals surface area contributed by atoms with Crippen LogP contribution in [0.4, 0.5) is 13.2 Å². The summed E-state index contributed by atoms with van der Waals surface area (Å²) in [6.07, 6.45) is 1.38. The molecule has 1 saturated heterocycles. The summed E-state index contributed by atoms with van der Waals surface area (Å²) in [5, 5.41) is 0. The summed E-state index contributed by atoms with van der Waals surface area (Å²) in [6.45, 7) is 2.14. The zero-order chi connectivity index (χ0) is 15.8. The van der Waals surface area contributed by atoms with Gasteiger partial charge in [0.1, 0.15) is 10.7 Å². The highest BCUT2D eigenvalue weighted by atomic mass is 35.5. The zero-order valence-electron chi connectivity index (χ0n) is 11.9. The Morgan fingerprint density at radius 1 is 1.23 bits per heavy atom. The Morgan fingerprint density at radius 3 is 2.41 bits per heavy atom. The lowest BCUT2D eigenvalue weighted by molar-refractivity contribution is 0.242. The third-order valence-electron chi connectivity index (χ3n) is 3.76. The van der Waals surface area contributed by atoms with Crippen molar-refractivity contribution in [1.29, 1.82) is 0 Å². The molecule has 1 fully saturated rings. The van der Waals surface area contributed by atoms with Gasteiger partial charge in [0, 0.05) is 25.2 Å². The molecule has 0 amide bonds. The molecule has 9 heteroatoms. The molecule has 2 unspecified atom stereocenters. The highest BCUT2D eigenvalue weighted by Gasteiger charge is 2.33. The van der Waals surface area contributed by atoms with Crippen molar-refractivity contribution >= 4 is 22.4 Å². The van der Waals surface area contributed by atoms with E-state index >= 15 is 0 Å². The van der Waals surface area contributed by atoms with Crippen LogP contribution in [0.5, 0.6) is 0 Å². The van der Waals surface area contributed by atoms with Crippen molar-refractivity contribution in [3.8, 4) is 0 Å². The molecule has 1 heterocycles. The lowest BCUT2D eigenvalue weighted by Gasteiger charge is -2.33. The first-order valence-corrected chi connectivity index (χ1v) is 8.07. The van der Waals surface area contributed by atoms with Gasteiger partial charge in [0.2, 0.25) is 10.0 Å². The molecule has 2 rings (SSSR count). The summed E-state index contributed by atoms with van der Waals surface area (Å²) in [7, 11) is -4.20. The third kappa shape index (κ3) is 3.73. The van der Waals surface area contributed by atoms with Crippen LogP contribution in [0.15, 0.2) is 17.0 Å². The van der Waals surface area contributed by atoms with Gasteiger partial charge >= 0.3 is 0 Å². The number of piperidine rings is 1. The predicted molar refractivity (Wildman–Crippen MR) is 78.7 cm³/mol. The van der Waals surface area contributed by atoms with Crippen molar-refractivity contribution in [3.63, 3.8) is 0 Å². The van der Waals surface area contributed by atoms with Gasteiger partial charge in [-0.25, -0.2) is 21.6 Å². The fourth-order valence-electron chi connectivity index (χ4n) is 2.46. The average Bonchev–Trinajstić information content (AvgIpc) is 2.42. The van der Waals surface area contributed by atoms with E-state index in [0.29, 0.717) is 12.5 Å². The van der Waals surface area contributed by atoms with Gasteiger partial charge in [-0.3, -0.25) is 0 Å². The molecule has 1 aromatic rings. The van der Waals surface area contributed by atoms with Crippen molar-refractivity contribution in [2.45, 2.75) is 30.7 Å². The Kier molecular flexibility index (Phi) is 6.26. The Hall–Kier alpha value is -0.830. The highest BCUT2D eigenvalue weighted by molar-refractivity contribution is 7.89. The number of sulfonamides is 1. The number of nitrogens with zero attached hydrogens (tertiary/aromatic N) is 1. The van der Waals surface area contributed by atoms with E-state index < -0.39 is 32.4 Å². The monoisotopic (exact) mass is 358 g/mol. The van der Waals surface area contributed by atoms with Gasteiger partial charge in [-0.2, -0.15) is 4.31 Å². The fourth-order valence-corrected chi connectivity index (χ4v) is 4.06. The van der Waals surface area contributed by atoms with E-state index in [1.54, 1.807) is 6.92 Å². The number of nitrogens with two attached hydrogens (primary N) is 1. The molecule has 2 atom stereocenters. The fraction of sp³-hybridized carbons (Fsp3) is 0.538. The van der Waals surface area contributed by atoms with Crippen molar-refractivity contribution < 1.29 is 21.6 Å². The van der Waals surface area contributed by atoms with Crippen LogP contribution in [-0.4, -0.2) is 31.9 Å². The largest absolute Gasteiger partial charge is 0.328 e. The van der Waals surface area contributed by atoms with E-state index in [1.807, 2.05) is 0 Å². The average molecular weight is 359 g/mol. The maximum atomic E-state index is 13.7. The van der Waals surface area contributed by atoms with Gasteiger partial charge in [0.05, 0.1) is 0 Å². The Labute approximate surface area is 133 Å². The molecule has 1 aromatic carbocycles. The molecule has 0 aliphatic carbocycles. The first kappa shape index (κ1) is 19.2. The highest BCUT2D eigenvalue weighted by Crippen LogP contribution is 2.27. The first-order valence-electron chi connectivity index (χ1n) is 6.63. The Balaban J connectivity index is 0.00000242. The standard InChI is InChI=1S/C13H17F3N2O2S.ClH/c1-8(17)9-3-2-4-18(7-9)21(19,20)13-6-11(15)10(14)5-12(13)16;/h5-6,8-9H,2-4,7,17H2,1H3;1H. The van der Waals surface area contributed by atoms with Crippen LogP contribution < -0.4 is 5.73 Å². The van der Waals surface area contributed by atoms with Crippen molar-refractivity contribution in [2.75, 3.05) is 13.1 Å². The maximum absolute atomic E-state index is 13.7. The predicted octanol–water partition coefficient (Wildman–Crippen LogP) is 2.27. The van der Waals surface area contributed by atoms with Crippen LogP contribution >= 0.6 is 12.4 Å². The second kappa shape index (κ2) is 7.16. The molecule has 126 valence electrons. The second-order valence-electron chi connectivity index (χ2n) is 5.32. The van der Waals surface area contributed by atoms with Crippen LogP contribution in [0.3, 0.4) is 0 Å². The van der Waals surface area contributed by atoms with E-state index in [1.165, 1.54) is 0 Å². The quantitative estimate of drug-likeness (QED) is 0.843. The smallest absolute Gasteiger partial charge is 0.246 e. The molecule has 0 spiro atoms. The molecule has 1 aliphatic heterocycles. The van der Waals surface area contributed by atoms with Crippen LogP contribution in [0.2, 0.25) is 0 Å². The van der Waals surface area contributed by atoms with Crippen molar-refractivity contribution in [1.82, 2.24) is 4.31 Å². The molecular weight excluding hydrogens is 341 g/mol. The van der Waals surface area contributed by atoms with E-state index in [4.69, 9.17) is 5.73 Å². The molecule has 22 heavy (non-hydrogen) atoms. The van der Waals surface area contributed by atoms with Gasteiger partial charge in [-0.1, -0.05) is 0 Å². The molecular formula is C13H18ClF3N2O2S. The van der Waals surface area contributed by atoms with Crippen LogP contribution in [-0.2, 0) is 10.0 Å². The maximum Gasteiger partial charge on any atom is 0.246 e. The van der Waals surface area contributed by atoms with E-state index in [0.717, 1.165) is 10.7 Å². The summed E-state index contributed by atoms with van der Waals surface area (Å²) in [4.78, 5) is -0.841. The van der Waals surface area contributed by atoms with E-state index in [2.05, 4.69) is 0 Å². The van der Waals surface area contributed by atoms with Crippen LogP contribution in [0.1, 0.15) is 19.8 Å². The minimum atomic E-state index is -4.20. The molecule has 0 aromatic heterocycles. The Morgan fingerprint density at radius 2 is 1.82 bits per heavy atom. The Bertz CT molecular complexity index is 640. The van der Waals surface area contributed by atoms with Gasteiger partial charge in [0.25, 0.3) is 0 Å². The minimum absolute atomic E-state index is 0. The van der Waals surface area contributed by atoms with E-state index in [9.17, 15) is 21.6 Å². The molecule has 1 aliphatic rings. The van der Waals surface area contributed by atoms with Crippen molar-refractivity contribution in [3.05, 3.63) is 29.6 Å². The SMILES string of the molecule is CC(N)C1CCCN(S(=O)(=O)c2cc(F)c(F)cc2F)C1.Cl. The molecule has 0 radical (unpaired) electrons. The second-order valence-corrected chi connectivity index (χ2v) is 7.23. The topological polar surface area (TPSA) is 63.4 Å². The van der Waals surface area contributed by atoms with Gasteiger partial charge in [-0.05, 0) is 31.7 Å². The molecule has 0 bridgehead atoms. The third-order valence-corrected chi connectivity index (χ3v) is 5.64. The van der Waals surface area contributed by atoms with Crippen molar-refractivity contribution in [2.24, 2.45) is 11.7 Å². The molecule has 2 N–H and O–H groups in total. The number of rotatable bonds is 3. The number of hydrogen-bond acceptors (Lipinski definition) is 3. The van der Waals surface area contributed by atoms with E-state index in [-0.39, 0.29) is 43.5 Å². The lowest BCUT2D eigenvalue weighted by atomic mass is 9.93. The lowest BCUT2D eigenvalue weighted by Crippen LogP contribution is -2.45. The van der Waals surface area contributed by atoms with Gasteiger partial charge in [-0.15, -0.1) is 12.4 Å². The number of halogens is 4.